The number of fused-ring (bicyclic) bond motifs is 3. The summed E-state index contributed by atoms with van der Waals surface area (Å²) < 4.78 is 74.9. The van der Waals surface area contributed by atoms with Crippen LogP contribution in [-0.2, 0) is 45.2 Å². The van der Waals surface area contributed by atoms with E-state index in [1.807, 2.05) is 26.0 Å². The summed E-state index contributed by atoms with van der Waals surface area (Å²) in [5, 5.41) is 5.23. The van der Waals surface area contributed by atoms with Gasteiger partial charge in [0.15, 0.2) is 11.4 Å². The highest BCUT2D eigenvalue weighted by Gasteiger charge is 2.63. The molecule has 2 saturated carbocycles. The van der Waals surface area contributed by atoms with Gasteiger partial charge in [0.25, 0.3) is 11.5 Å². The quantitative estimate of drug-likeness (QED) is 0.215. The molecule has 1 aromatic heterocycles. The number of amides is 2. The zero-order chi connectivity index (χ0) is 44.0. The lowest BCUT2D eigenvalue weighted by atomic mass is 9.82. The molecule has 330 valence electrons. The molecule has 2 aliphatic carbocycles. The number of nitrogens with zero attached hydrogens (tertiary/aromatic N) is 3. The van der Waals surface area contributed by atoms with Crippen LogP contribution in [0.3, 0.4) is 0 Å². The first-order valence-electron chi connectivity index (χ1n) is 20.8. The molecular weight excluding hydrogens is 803 g/mol. The molecule has 1 saturated heterocycles. The number of Topliss-reactive ketones (excluding diaryl/α,β-unsaturated/α-hetero) is 1. The van der Waals surface area contributed by atoms with Crippen LogP contribution in [0.5, 0.6) is 5.88 Å². The molecule has 60 heavy (non-hydrogen) atoms. The summed E-state index contributed by atoms with van der Waals surface area (Å²) in [5.74, 6) is -8.05. The zero-order valence-electron chi connectivity index (χ0n) is 35.5. The second kappa shape index (κ2) is 16.9. The number of carbonyl (C=O) groups is 4. The van der Waals surface area contributed by atoms with Gasteiger partial charge in [-0.2, -0.15) is 0 Å². The lowest BCUT2D eigenvalue weighted by molar-refractivity contribution is -0.197. The van der Waals surface area contributed by atoms with Crippen LogP contribution in [0.25, 0.3) is 10.8 Å². The average molecular weight is 861 g/mol. The van der Waals surface area contributed by atoms with Gasteiger partial charge in [-0.15, -0.1) is 5.10 Å². The molecule has 1 N–H and O–H groups in total. The van der Waals surface area contributed by atoms with Gasteiger partial charge < -0.3 is 19.1 Å². The summed E-state index contributed by atoms with van der Waals surface area (Å²) in [7, 11) is -2.54. The summed E-state index contributed by atoms with van der Waals surface area (Å²) in [6, 6.07) is 5.56. The normalized spacial score (nSPS) is 29.1. The number of sulfonamides is 1. The lowest BCUT2D eigenvalue weighted by Crippen LogP contribution is -2.49. The Morgan fingerprint density at radius 2 is 1.73 bits per heavy atom. The number of methoxy groups -OCH3 is 1. The second-order valence-electron chi connectivity index (χ2n) is 18.4. The maximum atomic E-state index is 15.0. The van der Waals surface area contributed by atoms with E-state index in [0.29, 0.717) is 49.8 Å². The van der Waals surface area contributed by atoms with E-state index in [9.17, 15) is 41.2 Å². The topological polar surface area (TPSA) is 180 Å². The Morgan fingerprint density at radius 1 is 1.05 bits per heavy atom. The molecule has 0 bridgehead atoms. The number of rotatable bonds is 12. The van der Waals surface area contributed by atoms with E-state index in [2.05, 4.69) is 9.82 Å². The number of benzene rings is 1. The number of aromatic nitrogens is 2. The number of halogens is 2. The van der Waals surface area contributed by atoms with Gasteiger partial charge in [-0.3, -0.25) is 28.7 Å². The van der Waals surface area contributed by atoms with Crippen molar-refractivity contribution < 1.29 is 50.6 Å². The molecule has 3 heterocycles. The van der Waals surface area contributed by atoms with Gasteiger partial charge >= 0.3 is 5.97 Å². The second-order valence-corrected chi connectivity index (χ2v) is 20.6. The van der Waals surface area contributed by atoms with E-state index in [1.165, 1.54) is 16.7 Å². The number of hydrogen-bond donors (Lipinski definition) is 1. The molecule has 3 fully saturated rings. The number of hydrogen-bond acceptors (Lipinski definition) is 11. The number of allylic oxidation sites excluding steroid dienone is 2. The summed E-state index contributed by atoms with van der Waals surface area (Å²) in [6.07, 6.45) is 4.82. The molecule has 2 aliphatic heterocycles. The molecule has 14 nitrogen and oxygen atoms in total. The fraction of sp³-hybridized carbons (Fsp3) is 0.674. The van der Waals surface area contributed by atoms with E-state index in [1.54, 1.807) is 31.2 Å². The third kappa shape index (κ3) is 9.31. The van der Waals surface area contributed by atoms with Crippen LogP contribution >= 0.6 is 0 Å². The summed E-state index contributed by atoms with van der Waals surface area (Å²) in [5.41, 5.74) is -3.92. The minimum absolute atomic E-state index is 0.0504. The van der Waals surface area contributed by atoms with Crippen LogP contribution in [0.15, 0.2) is 41.2 Å². The van der Waals surface area contributed by atoms with Crippen LogP contribution in [0.4, 0.5) is 8.78 Å². The van der Waals surface area contributed by atoms with E-state index in [0.717, 1.165) is 13.8 Å². The fourth-order valence-corrected chi connectivity index (χ4v) is 9.79. The summed E-state index contributed by atoms with van der Waals surface area (Å²) in [6.45, 7) is 8.40. The van der Waals surface area contributed by atoms with Gasteiger partial charge in [0, 0.05) is 26.9 Å². The standard InChI is InChI=1S/C43H58F2N4O10S/c1-26-12-8-9-13-28-23-43(28,39(54)47-60(55,56)41(5)16-17-41)24-34(50)33-21-29(58-36-30-14-10-11-15-31(30)38(53)49(46-36)18-19-57-7)25-48(33)37(52)32(27(2)20-26)22-35(51)59-40(3,4)42(6,44)45/h9-11,13-15,26-29,32-33H,8,12,16-25H2,1-7H3,(H,47,54)/b13-9-/t26-,27+,28+,29+,32-,33-,43+/m0/s1. The Bertz CT molecular complexity index is 2200. The molecule has 2 aromatic rings. The summed E-state index contributed by atoms with van der Waals surface area (Å²) in [4.78, 5) is 71.9. The SMILES string of the molecule is COCCn1nc(O[C@@H]2C[C@H]3C(=O)C[C@]4(C(=O)NS(=O)(=O)C5(C)CC5)C[C@H]4/C=C\CC[C@H](C)C[C@@H](C)[C@H](CC(=O)OC(C)(C)C(C)(F)F)C(=O)N3C2)c2ccccc2c1=O. The Labute approximate surface area is 349 Å². The predicted molar refractivity (Wildman–Crippen MR) is 217 cm³/mol. The highest BCUT2D eigenvalue weighted by molar-refractivity contribution is 7.91. The third-order valence-electron chi connectivity index (χ3n) is 13.2. The largest absolute Gasteiger partial charge is 0.471 e. The first-order chi connectivity index (χ1) is 28.0. The molecule has 6 rings (SSSR count). The molecule has 4 aliphatic rings. The van der Waals surface area contributed by atoms with Crippen molar-refractivity contribution in [3.63, 3.8) is 0 Å². The van der Waals surface area contributed by atoms with E-state index in [4.69, 9.17) is 14.2 Å². The van der Waals surface area contributed by atoms with Crippen molar-refractivity contribution >= 4 is 44.4 Å². The number of nitrogens with one attached hydrogen (secondary N) is 1. The Balaban J connectivity index is 1.38. The smallest absolute Gasteiger partial charge is 0.307 e. The van der Waals surface area contributed by atoms with Crippen molar-refractivity contribution in [2.45, 2.75) is 134 Å². The number of carbonyl (C=O) groups excluding carboxylic acids is 4. The van der Waals surface area contributed by atoms with Gasteiger partial charge in [0.1, 0.15) is 6.10 Å². The van der Waals surface area contributed by atoms with Crippen molar-refractivity contribution in [1.29, 1.82) is 0 Å². The molecule has 17 heteroatoms. The first-order valence-corrected chi connectivity index (χ1v) is 22.3. The molecule has 0 unspecified atom stereocenters. The first kappa shape index (κ1) is 45.3. The minimum Gasteiger partial charge on any atom is -0.471 e. The molecular formula is C43H58F2N4O10S. The predicted octanol–water partition coefficient (Wildman–Crippen LogP) is 5.35. The van der Waals surface area contributed by atoms with Crippen molar-refractivity contribution in [3.05, 3.63) is 46.8 Å². The monoisotopic (exact) mass is 860 g/mol. The molecule has 1 aromatic carbocycles. The minimum atomic E-state index is -4.03. The molecule has 0 radical (unpaired) electrons. The van der Waals surface area contributed by atoms with Gasteiger partial charge in [-0.25, -0.2) is 21.9 Å². The van der Waals surface area contributed by atoms with Gasteiger partial charge in [0.05, 0.1) is 59.0 Å². The van der Waals surface area contributed by atoms with Crippen molar-refractivity contribution in [3.8, 4) is 5.88 Å². The van der Waals surface area contributed by atoms with Crippen LogP contribution in [-0.4, -0.2) is 95.3 Å². The van der Waals surface area contributed by atoms with E-state index < -0.39 is 91.6 Å². The van der Waals surface area contributed by atoms with Crippen molar-refractivity contribution in [1.82, 2.24) is 19.4 Å². The van der Waals surface area contributed by atoms with Gasteiger partial charge in [0.2, 0.25) is 27.7 Å². The van der Waals surface area contributed by atoms with E-state index >= 15 is 0 Å². The highest BCUT2D eigenvalue weighted by atomic mass is 32.2. The maximum absolute atomic E-state index is 15.0. The highest BCUT2D eigenvalue weighted by Crippen LogP contribution is 2.58. The van der Waals surface area contributed by atoms with Crippen LogP contribution in [0.2, 0.25) is 0 Å². The van der Waals surface area contributed by atoms with Gasteiger partial charge in [-0.05, 0) is 89.2 Å². The van der Waals surface area contributed by atoms with Crippen LogP contribution in [0.1, 0.15) is 99.3 Å². The average Bonchev–Trinajstić information content (AvgIpc) is 4.05. The number of ether oxygens (including phenoxy) is 3. The van der Waals surface area contributed by atoms with Gasteiger partial charge in [-0.1, -0.05) is 38.1 Å². The molecule has 2 amide bonds. The maximum Gasteiger partial charge on any atom is 0.307 e. The van der Waals surface area contributed by atoms with Crippen LogP contribution < -0.4 is 15.0 Å². The lowest BCUT2D eigenvalue weighted by Gasteiger charge is -2.34. The molecule has 7 atom stereocenters. The Morgan fingerprint density at radius 3 is 2.38 bits per heavy atom. The number of ketones is 1. The Kier molecular flexibility index (Phi) is 12.8. The fourth-order valence-electron chi connectivity index (χ4n) is 8.46. The van der Waals surface area contributed by atoms with E-state index in [-0.39, 0.29) is 56.3 Å². The van der Waals surface area contributed by atoms with Crippen molar-refractivity contribution in [2.75, 3.05) is 20.3 Å². The van der Waals surface area contributed by atoms with Crippen molar-refractivity contribution in [2.24, 2.45) is 29.1 Å². The summed E-state index contributed by atoms with van der Waals surface area (Å²) >= 11 is 0. The number of alkyl halides is 2. The Hall–Kier alpha value is -4.25. The zero-order valence-corrected chi connectivity index (χ0v) is 36.3. The number of esters is 1. The third-order valence-corrected chi connectivity index (χ3v) is 15.4. The molecule has 0 spiro atoms. The van der Waals surface area contributed by atoms with Crippen LogP contribution in [0, 0.1) is 29.1 Å².